The quantitative estimate of drug-likeness (QED) is 0.259. The number of hydrogen-bond acceptors (Lipinski definition) is 2. The maximum absolute atomic E-state index is 10.0. The highest BCUT2D eigenvalue weighted by atomic mass is 32.1. The van der Waals surface area contributed by atoms with Crippen molar-refractivity contribution in [3.05, 3.63) is 115 Å². The van der Waals surface area contributed by atoms with Crippen LogP contribution in [0, 0.1) is 11.3 Å². The molecule has 0 spiro atoms. The Bertz CT molecular complexity index is 1880. The van der Waals surface area contributed by atoms with E-state index in [0.717, 1.165) is 32.5 Å². The molecule has 0 aliphatic rings. The van der Waals surface area contributed by atoms with E-state index in [-0.39, 0.29) is 0 Å². The summed E-state index contributed by atoms with van der Waals surface area (Å²) in [6.45, 7) is 0. The van der Waals surface area contributed by atoms with Crippen LogP contribution in [0.5, 0.6) is 0 Å². The highest BCUT2D eigenvalue weighted by molar-refractivity contribution is 7.26. The van der Waals surface area contributed by atoms with Gasteiger partial charge >= 0.3 is 0 Å². The molecule has 0 amide bonds. The Kier molecular flexibility index (Phi) is 4.11. The van der Waals surface area contributed by atoms with E-state index in [1.165, 1.54) is 31.9 Å². The first-order valence-electron chi connectivity index (χ1n) is 11.3. The number of hydrogen-bond donors (Lipinski definition) is 0. The lowest BCUT2D eigenvalue weighted by Gasteiger charge is -2.14. The molecule has 2 heterocycles. The molecule has 158 valence electrons. The van der Waals surface area contributed by atoms with Crippen molar-refractivity contribution in [2.45, 2.75) is 0 Å². The monoisotopic (exact) mass is 450 g/mol. The van der Waals surface area contributed by atoms with Crippen molar-refractivity contribution in [1.82, 2.24) is 4.57 Å². The van der Waals surface area contributed by atoms with Gasteiger partial charge in [0.1, 0.15) is 6.07 Å². The molecule has 0 unspecified atom stereocenters. The summed E-state index contributed by atoms with van der Waals surface area (Å²) < 4.78 is 4.62. The van der Waals surface area contributed by atoms with Crippen molar-refractivity contribution >= 4 is 53.3 Å². The number of nitrogens with zero attached hydrogens (tertiary/aromatic N) is 2. The third-order valence-electron chi connectivity index (χ3n) is 6.63. The average Bonchev–Trinajstić information content (AvgIpc) is 3.44. The molecule has 0 N–H and O–H groups in total. The van der Waals surface area contributed by atoms with Gasteiger partial charge in [0.05, 0.1) is 27.0 Å². The van der Waals surface area contributed by atoms with Crippen LogP contribution in [0.4, 0.5) is 0 Å². The van der Waals surface area contributed by atoms with Gasteiger partial charge in [0.25, 0.3) is 0 Å². The smallest absolute Gasteiger partial charge is 0.101 e. The fourth-order valence-corrected chi connectivity index (χ4v) is 6.31. The molecule has 0 aliphatic carbocycles. The molecule has 7 aromatic rings. The van der Waals surface area contributed by atoms with E-state index < -0.39 is 0 Å². The van der Waals surface area contributed by atoms with Crippen molar-refractivity contribution in [3.63, 3.8) is 0 Å². The average molecular weight is 451 g/mol. The van der Waals surface area contributed by atoms with Crippen LogP contribution in [0.1, 0.15) is 5.56 Å². The number of para-hydroxylation sites is 3. The molecule has 0 saturated carbocycles. The van der Waals surface area contributed by atoms with Crippen LogP contribution in [0.3, 0.4) is 0 Å². The van der Waals surface area contributed by atoms with E-state index in [0.29, 0.717) is 0 Å². The summed E-state index contributed by atoms with van der Waals surface area (Å²) in [5.74, 6) is 0. The Balaban J connectivity index is 1.58. The number of benzene rings is 5. The van der Waals surface area contributed by atoms with Crippen molar-refractivity contribution in [1.29, 1.82) is 5.26 Å². The van der Waals surface area contributed by atoms with Crippen LogP contribution in [0.2, 0.25) is 0 Å². The van der Waals surface area contributed by atoms with Crippen molar-refractivity contribution in [3.8, 4) is 22.9 Å². The first-order chi connectivity index (χ1) is 16.8. The zero-order valence-corrected chi connectivity index (χ0v) is 19.0. The van der Waals surface area contributed by atoms with E-state index in [4.69, 9.17) is 0 Å². The van der Waals surface area contributed by atoms with Crippen molar-refractivity contribution in [2.75, 3.05) is 0 Å². The molecular weight excluding hydrogens is 432 g/mol. The minimum Gasteiger partial charge on any atom is -0.309 e. The van der Waals surface area contributed by atoms with E-state index in [1.54, 1.807) is 11.3 Å². The zero-order chi connectivity index (χ0) is 22.6. The van der Waals surface area contributed by atoms with Crippen LogP contribution in [0.15, 0.2) is 109 Å². The largest absolute Gasteiger partial charge is 0.309 e. The molecule has 7 rings (SSSR count). The van der Waals surface area contributed by atoms with Gasteiger partial charge in [-0.3, -0.25) is 0 Å². The lowest BCUT2D eigenvalue weighted by Crippen LogP contribution is -1.97. The minimum atomic E-state index is 0.728. The lowest BCUT2D eigenvalue weighted by molar-refractivity contribution is 1.18. The second kappa shape index (κ2) is 7.31. The van der Waals surface area contributed by atoms with Crippen LogP contribution < -0.4 is 0 Å². The van der Waals surface area contributed by atoms with Gasteiger partial charge in [0.15, 0.2) is 0 Å². The maximum atomic E-state index is 10.0. The predicted molar refractivity (Wildman–Crippen MR) is 144 cm³/mol. The molecule has 0 atom stereocenters. The van der Waals surface area contributed by atoms with Crippen LogP contribution in [-0.2, 0) is 0 Å². The summed E-state index contributed by atoms with van der Waals surface area (Å²) in [6.07, 6.45) is 0. The molecule has 3 heteroatoms. The fraction of sp³-hybridized carbons (Fsp3) is 0. The SMILES string of the molecule is N#Cc1cc(-c2ccccc2-n2c3ccccc3c3ccccc32)cc2c1sc1ccccc12. The number of aromatic nitrogens is 1. The highest BCUT2D eigenvalue weighted by Gasteiger charge is 2.17. The summed E-state index contributed by atoms with van der Waals surface area (Å²) in [5.41, 5.74) is 6.37. The van der Waals surface area contributed by atoms with E-state index in [9.17, 15) is 5.26 Å². The topological polar surface area (TPSA) is 28.7 Å². The van der Waals surface area contributed by atoms with Crippen LogP contribution >= 0.6 is 11.3 Å². The maximum Gasteiger partial charge on any atom is 0.101 e. The van der Waals surface area contributed by atoms with Gasteiger partial charge in [-0.05, 0) is 42.0 Å². The van der Waals surface area contributed by atoms with Gasteiger partial charge in [0.2, 0.25) is 0 Å². The molecule has 0 bridgehead atoms. The van der Waals surface area contributed by atoms with Gasteiger partial charge in [-0.25, -0.2) is 0 Å². The summed E-state index contributed by atoms with van der Waals surface area (Å²) in [6, 6.07) is 40.8. The number of fused-ring (bicyclic) bond motifs is 6. The van der Waals surface area contributed by atoms with Gasteiger partial charge in [-0.15, -0.1) is 11.3 Å². The summed E-state index contributed by atoms with van der Waals surface area (Å²) in [7, 11) is 0. The summed E-state index contributed by atoms with van der Waals surface area (Å²) in [4.78, 5) is 0. The molecule has 0 radical (unpaired) electrons. The molecule has 5 aromatic carbocycles. The Morgan fingerprint density at radius 1 is 0.618 bits per heavy atom. The molecular formula is C31H18N2S. The second-order valence-electron chi connectivity index (χ2n) is 8.50. The van der Waals surface area contributed by atoms with Gasteiger partial charge in [0, 0.05) is 31.8 Å². The van der Waals surface area contributed by atoms with Gasteiger partial charge < -0.3 is 4.57 Å². The van der Waals surface area contributed by atoms with Gasteiger partial charge in [-0.1, -0.05) is 72.8 Å². The third kappa shape index (κ3) is 2.67. The Morgan fingerprint density at radius 2 is 1.24 bits per heavy atom. The second-order valence-corrected chi connectivity index (χ2v) is 9.55. The number of nitriles is 1. The Morgan fingerprint density at radius 3 is 1.97 bits per heavy atom. The van der Waals surface area contributed by atoms with Crippen LogP contribution in [-0.4, -0.2) is 4.57 Å². The lowest BCUT2D eigenvalue weighted by atomic mass is 9.98. The third-order valence-corrected chi connectivity index (χ3v) is 7.85. The Hall–Kier alpha value is -4.39. The molecule has 0 aliphatic heterocycles. The molecule has 0 fully saturated rings. The molecule has 2 nitrogen and oxygen atoms in total. The number of rotatable bonds is 2. The Labute approximate surface area is 200 Å². The minimum absolute atomic E-state index is 0.728. The van der Waals surface area contributed by atoms with E-state index in [1.807, 2.05) is 6.07 Å². The van der Waals surface area contributed by atoms with E-state index in [2.05, 4.69) is 114 Å². The zero-order valence-electron chi connectivity index (χ0n) is 18.2. The van der Waals surface area contributed by atoms with Gasteiger partial charge in [-0.2, -0.15) is 5.26 Å². The predicted octanol–water partition coefficient (Wildman–Crippen LogP) is 8.69. The number of thiophene rings is 1. The highest BCUT2D eigenvalue weighted by Crippen LogP contribution is 2.41. The standard InChI is InChI=1S/C31H18N2S/c32-19-21-17-20(18-26-25-12-4-8-16-30(25)34-31(21)26)22-9-1-5-13-27(22)33-28-14-6-2-10-23(28)24-11-3-7-15-29(24)33/h1-18H. The first kappa shape index (κ1) is 19.1. The molecule has 2 aromatic heterocycles. The van der Waals surface area contributed by atoms with E-state index >= 15 is 0 Å². The van der Waals surface area contributed by atoms with Crippen molar-refractivity contribution < 1.29 is 0 Å². The molecule has 34 heavy (non-hydrogen) atoms. The fourth-order valence-electron chi connectivity index (χ4n) is 5.16. The normalized spacial score (nSPS) is 11.5. The van der Waals surface area contributed by atoms with Crippen molar-refractivity contribution in [2.24, 2.45) is 0 Å². The first-order valence-corrected chi connectivity index (χ1v) is 12.1. The van der Waals surface area contributed by atoms with Crippen LogP contribution in [0.25, 0.3) is 58.8 Å². The molecule has 0 saturated heterocycles. The summed E-state index contributed by atoms with van der Waals surface area (Å²) in [5, 5.41) is 14.8. The summed E-state index contributed by atoms with van der Waals surface area (Å²) >= 11 is 1.69.